The van der Waals surface area contributed by atoms with Gasteiger partial charge in [-0.05, 0) is 25.0 Å². The Morgan fingerprint density at radius 2 is 1.93 bits per heavy atom. The van der Waals surface area contributed by atoms with Crippen molar-refractivity contribution in [2.45, 2.75) is 34.1 Å². The van der Waals surface area contributed by atoms with Crippen molar-refractivity contribution in [1.82, 2.24) is 0 Å². The Balaban J connectivity index is 0.000000791. The number of aryl methyl sites for hydroxylation is 1. The van der Waals surface area contributed by atoms with Gasteiger partial charge in [-0.2, -0.15) is 0 Å². The maximum Gasteiger partial charge on any atom is 0.163 e. The Morgan fingerprint density at radius 3 is 2.43 bits per heavy atom. The lowest BCUT2D eigenvalue weighted by atomic mass is 10.2. The minimum absolute atomic E-state index is 0.225. The van der Waals surface area contributed by atoms with E-state index in [0.717, 1.165) is 12.0 Å². The fourth-order valence-electron chi connectivity index (χ4n) is 1.03. The zero-order chi connectivity index (χ0) is 11.0. The van der Waals surface area contributed by atoms with E-state index in [-0.39, 0.29) is 5.75 Å². The molecular formula is C12H20O2. The predicted octanol–water partition coefficient (Wildman–Crippen LogP) is 3.52. The third kappa shape index (κ3) is 3.69. The Bertz CT molecular complexity index is 236. The number of phenols is 1. The summed E-state index contributed by atoms with van der Waals surface area (Å²) in [5, 5.41) is 9.39. The van der Waals surface area contributed by atoms with Gasteiger partial charge in [0.05, 0.1) is 6.61 Å². The number of aromatic hydroxyl groups is 1. The van der Waals surface area contributed by atoms with Gasteiger partial charge in [-0.3, -0.25) is 0 Å². The van der Waals surface area contributed by atoms with Crippen molar-refractivity contribution in [1.29, 1.82) is 0 Å². The number of ether oxygens (including phenoxy) is 1. The third-order valence-corrected chi connectivity index (χ3v) is 1.64. The molecule has 0 aliphatic heterocycles. The minimum Gasteiger partial charge on any atom is -0.504 e. The third-order valence-electron chi connectivity index (χ3n) is 1.64. The van der Waals surface area contributed by atoms with Gasteiger partial charge in [0.1, 0.15) is 0 Å². The molecule has 0 atom stereocenters. The van der Waals surface area contributed by atoms with Crippen molar-refractivity contribution in [3.05, 3.63) is 23.8 Å². The Morgan fingerprint density at radius 1 is 1.29 bits per heavy atom. The number of benzene rings is 1. The van der Waals surface area contributed by atoms with Crippen LogP contribution in [0.4, 0.5) is 0 Å². The van der Waals surface area contributed by atoms with E-state index in [4.69, 9.17) is 4.74 Å². The number of hydrogen-bond donors (Lipinski definition) is 1. The van der Waals surface area contributed by atoms with Gasteiger partial charge < -0.3 is 9.84 Å². The summed E-state index contributed by atoms with van der Waals surface area (Å²) < 4.78 is 5.37. The molecule has 0 aliphatic carbocycles. The van der Waals surface area contributed by atoms with Crippen molar-refractivity contribution < 1.29 is 9.84 Å². The molecule has 2 nitrogen and oxygen atoms in total. The quantitative estimate of drug-likeness (QED) is 0.801. The second kappa shape index (κ2) is 7.25. The predicted molar refractivity (Wildman–Crippen MR) is 60.0 cm³/mol. The average molecular weight is 196 g/mol. The van der Waals surface area contributed by atoms with Crippen LogP contribution >= 0.6 is 0 Å². The summed E-state index contributed by atoms with van der Waals surface area (Å²) in [5.74, 6) is 0.836. The van der Waals surface area contributed by atoms with E-state index >= 15 is 0 Å². The summed E-state index contributed by atoms with van der Waals surface area (Å²) in [5.41, 5.74) is 0.975. The van der Waals surface area contributed by atoms with Crippen LogP contribution in [0.3, 0.4) is 0 Å². The molecule has 1 N–H and O–H groups in total. The fourth-order valence-corrected chi connectivity index (χ4v) is 1.03. The molecule has 2 heteroatoms. The molecule has 0 aliphatic rings. The molecule has 14 heavy (non-hydrogen) atoms. The normalized spacial score (nSPS) is 8.86. The Hall–Kier alpha value is -1.18. The second-order valence-electron chi connectivity index (χ2n) is 2.77. The smallest absolute Gasteiger partial charge is 0.163 e. The van der Waals surface area contributed by atoms with Crippen LogP contribution in [0.15, 0.2) is 18.2 Å². The van der Waals surface area contributed by atoms with Crippen LogP contribution in [0, 0.1) is 6.92 Å². The zero-order valence-electron chi connectivity index (χ0n) is 9.50. The van der Waals surface area contributed by atoms with Crippen molar-refractivity contribution in [3.8, 4) is 11.5 Å². The zero-order valence-corrected chi connectivity index (χ0v) is 9.50. The highest BCUT2D eigenvalue weighted by Crippen LogP contribution is 2.28. The van der Waals surface area contributed by atoms with Crippen LogP contribution in [-0.4, -0.2) is 11.7 Å². The highest BCUT2D eigenvalue weighted by atomic mass is 16.5. The first-order valence-electron chi connectivity index (χ1n) is 5.17. The van der Waals surface area contributed by atoms with Gasteiger partial charge in [0.25, 0.3) is 0 Å². The minimum atomic E-state index is 0.225. The van der Waals surface area contributed by atoms with Crippen LogP contribution in [0.1, 0.15) is 32.8 Å². The lowest BCUT2D eigenvalue weighted by molar-refractivity contribution is 0.297. The number of para-hydroxylation sites is 1. The Kier molecular flexibility index (Phi) is 6.63. The fraction of sp³-hybridized carbons (Fsp3) is 0.500. The van der Waals surface area contributed by atoms with E-state index < -0.39 is 0 Å². The maximum absolute atomic E-state index is 9.39. The van der Waals surface area contributed by atoms with E-state index in [1.807, 2.05) is 39.8 Å². The molecule has 0 fully saturated rings. The molecular weight excluding hydrogens is 176 g/mol. The van der Waals surface area contributed by atoms with E-state index in [2.05, 4.69) is 0 Å². The van der Waals surface area contributed by atoms with Crippen LogP contribution in [0.5, 0.6) is 11.5 Å². The molecule has 0 unspecified atom stereocenters. The highest BCUT2D eigenvalue weighted by molar-refractivity contribution is 5.44. The second-order valence-corrected chi connectivity index (χ2v) is 2.77. The molecule has 1 rings (SSSR count). The van der Waals surface area contributed by atoms with Crippen molar-refractivity contribution in [3.63, 3.8) is 0 Å². The average Bonchev–Trinajstić information content (AvgIpc) is 2.20. The molecule has 0 bridgehead atoms. The lowest BCUT2D eigenvalue weighted by Crippen LogP contribution is -1.96. The molecule has 0 aromatic heterocycles. The van der Waals surface area contributed by atoms with Crippen LogP contribution in [-0.2, 0) is 0 Å². The van der Waals surface area contributed by atoms with Crippen molar-refractivity contribution in [2.24, 2.45) is 0 Å². The van der Waals surface area contributed by atoms with E-state index in [1.165, 1.54) is 0 Å². The Labute approximate surface area is 86.5 Å². The summed E-state index contributed by atoms with van der Waals surface area (Å²) >= 11 is 0. The first-order valence-corrected chi connectivity index (χ1v) is 5.17. The summed E-state index contributed by atoms with van der Waals surface area (Å²) in [6.45, 7) is 8.61. The highest BCUT2D eigenvalue weighted by Gasteiger charge is 2.03. The first kappa shape index (κ1) is 12.8. The van der Waals surface area contributed by atoms with Crippen LogP contribution in [0.2, 0.25) is 0 Å². The molecule has 0 saturated carbocycles. The first-order chi connectivity index (χ1) is 6.75. The van der Waals surface area contributed by atoms with Gasteiger partial charge in [-0.15, -0.1) is 0 Å². The van der Waals surface area contributed by atoms with Gasteiger partial charge >= 0.3 is 0 Å². The largest absolute Gasteiger partial charge is 0.504 e. The van der Waals surface area contributed by atoms with E-state index in [9.17, 15) is 5.11 Å². The summed E-state index contributed by atoms with van der Waals surface area (Å²) in [4.78, 5) is 0. The van der Waals surface area contributed by atoms with Crippen molar-refractivity contribution >= 4 is 0 Å². The molecule has 0 amide bonds. The summed E-state index contributed by atoms with van der Waals surface area (Å²) in [6.07, 6.45) is 0.952. The van der Waals surface area contributed by atoms with Crippen LogP contribution < -0.4 is 4.74 Å². The lowest BCUT2D eigenvalue weighted by Gasteiger charge is -2.08. The van der Waals surface area contributed by atoms with E-state index in [0.29, 0.717) is 12.4 Å². The molecule has 0 saturated heterocycles. The standard InChI is InChI=1S/C10H14O2.C2H6/c1-3-7-12-10-8(2)5-4-6-9(10)11;1-2/h4-6,11H,3,7H2,1-2H3;1-2H3. The van der Waals surface area contributed by atoms with Gasteiger partial charge in [0.2, 0.25) is 0 Å². The molecule has 80 valence electrons. The SMILES string of the molecule is CC.CCCOc1c(C)cccc1O. The maximum atomic E-state index is 9.39. The molecule has 0 radical (unpaired) electrons. The van der Waals surface area contributed by atoms with Gasteiger partial charge in [-0.1, -0.05) is 32.9 Å². The molecule has 0 heterocycles. The summed E-state index contributed by atoms with van der Waals surface area (Å²) in [6, 6.07) is 5.37. The molecule has 0 spiro atoms. The van der Waals surface area contributed by atoms with E-state index in [1.54, 1.807) is 6.07 Å². The van der Waals surface area contributed by atoms with Crippen molar-refractivity contribution in [2.75, 3.05) is 6.61 Å². The summed E-state index contributed by atoms with van der Waals surface area (Å²) in [7, 11) is 0. The van der Waals surface area contributed by atoms with Gasteiger partial charge in [0, 0.05) is 0 Å². The number of hydrogen-bond acceptors (Lipinski definition) is 2. The van der Waals surface area contributed by atoms with Gasteiger partial charge in [-0.25, -0.2) is 0 Å². The number of phenolic OH excluding ortho intramolecular Hbond substituents is 1. The number of rotatable bonds is 3. The monoisotopic (exact) mass is 196 g/mol. The topological polar surface area (TPSA) is 29.5 Å². The van der Waals surface area contributed by atoms with Gasteiger partial charge in [0.15, 0.2) is 11.5 Å². The molecule has 1 aromatic carbocycles. The molecule has 1 aromatic rings. The van der Waals surface area contributed by atoms with Crippen LogP contribution in [0.25, 0.3) is 0 Å².